The molecule has 2 rings (SSSR count). The first kappa shape index (κ1) is 16.1. The summed E-state index contributed by atoms with van der Waals surface area (Å²) in [4.78, 5) is 25.5. The van der Waals surface area contributed by atoms with Crippen molar-refractivity contribution in [2.24, 2.45) is 0 Å². The van der Waals surface area contributed by atoms with E-state index in [1.807, 2.05) is 0 Å². The summed E-state index contributed by atoms with van der Waals surface area (Å²) in [5.41, 5.74) is -0.546. The van der Waals surface area contributed by atoms with Crippen LogP contribution in [0.4, 0.5) is 4.79 Å². The Bertz CT molecular complexity index is 380. The van der Waals surface area contributed by atoms with Crippen molar-refractivity contribution < 1.29 is 14.7 Å². The molecule has 1 aliphatic heterocycles. The molecule has 0 bridgehead atoms. The molecule has 1 saturated heterocycles. The van der Waals surface area contributed by atoms with Crippen molar-refractivity contribution >= 4 is 12.0 Å². The van der Waals surface area contributed by atoms with Gasteiger partial charge in [0.15, 0.2) is 0 Å². The second-order valence-electron chi connectivity index (χ2n) is 6.32. The Hall–Kier alpha value is -1.30. The Kier molecular flexibility index (Phi) is 5.45. The first-order valence-electron chi connectivity index (χ1n) is 8.06. The van der Waals surface area contributed by atoms with E-state index in [0.29, 0.717) is 12.6 Å². The molecule has 0 spiro atoms. The Morgan fingerprint density at radius 1 is 1.29 bits per heavy atom. The van der Waals surface area contributed by atoms with Crippen LogP contribution in [0.2, 0.25) is 0 Å². The lowest BCUT2D eigenvalue weighted by Crippen LogP contribution is -2.53. The van der Waals surface area contributed by atoms with Gasteiger partial charge in [0.05, 0.1) is 12.0 Å². The molecule has 2 aliphatic rings. The fraction of sp³-hybridized carbons (Fsp3) is 0.867. The number of amides is 2. The van der Waals surface area contributed by atoms with Crippen molar-refractivity contribution in [1.29, 1.82) is 0 Å². The van der Waals surface area contributed by atoms with Gasteiger partial charge in [0.25, 0.3) is 0 Å². The van der Waals surface area contributed by atoms with Crippen LogP contribution in [0.3, 0.4) is 0 Å². The number of rotatable bonds is 6. The highest BCUT2D eigenvalue weighted by Gasteiger charge is 2.37. The number of hydrogen-bond donors (Lipinski definition) is 3. The van der Waals surface area contributed by atoms with Crippen LogP contribution in [0.1, 0.15) is 51.9 Å². The molecule has 1 atom stereocenters. The zero-order chi connectivity index (χ0) is 15.3. The number of carbonyl (C=O) groups excluding carboxylic acids is 1. The normalized spacial score (nSPS) is 24.9. The summed E-state index contributed by atoms with van der Waals surface area (Å²) in [5, 5.41) is 14.9. The minimum Gasteiger partial charge on any atom is -0.481 e. The average molecular weight is 297 g/mol. The Morgan fingerprint density at radius 3 is 2.62 bits per heavy atom. The summed E-state index contributed by atoms with van der Waals surface area (Å²) in [5.74, 6) is -0.842. The smallest absolute Gasteiger partial charge is 0.315 e. The summed E-state index contributed by atoms with van der Waals surface area (Å²) in [6.45, 7) is 4.89. The van der Waals surface area contributed by atoms with E-state index in [-0.39, 0.29) is 12.5 Å². The fourth-order valence-corrected chi connectivity index (χ4v) is 3.73. The minimum absolute atomic E-state index is 0.0188. The Morgan fingerprint density at radius 2 is 2.00 bits per heavy atom. The Labute approximate surface area is 126 Å². The molecule has 1 unspecified atom stereocenters. The Balaban J connectivity index is 1.81. The number of likely N-dealkylation sites (tertiary alicyclic amines) is 1. The quantitative estimate of drug-likeness (QED) is 0.695. The number of carboxylic acid groups (broad SMARTS) is 1. The molecule has 2 amide bonds. The monoisotopic (exact) mass is 297 g/mol. The van der Waals surface area contributed by atoms with Crippen molar-refractivity contribution in [2.45, 2.75) is 63.5 Å². The summed E-state index contributed by atoms with van der Waals surface area (Å²) in [6, 6.07) is 0.195. The van der Waals surface area contributed by atoms with Crippen LogP contribution in [-0.2, 0) is 4.79 Å². The summed E-state index contributed by atoms with van der Waals surface area (Å²) >= 11 is 0. The number of nitrogens with one attached hydrogen (secondary N) is 2. The van der Waals surface area contributed by atoms with Crippen LogP contribution >= 0.6 is 0 Å². The van der Waals surface area contributed by atoms with E-state index in [9.17, 15) is 9.59 Å². The second kappa shape index (κ2) is 7.11. The van der Waals surface area contributed by atoms with Gasteiger partial charge in [0, 0.05) is 12.6 Å². The number of carbonyl (C=O) groups is 2. The van der Waals surface area contributed by atoms with Gasteiger partial charge >= 0.3 is 12.0 Å². The van der Waals surface area contributed by atoms with E-state index < -0.39 is 11.5 Å². The average Bonchev–Trinajstić information content (AvgIpc) is 3.04. The third-order valence-electron chi connectivity index (χ3n) is 4.83. The van der Waals surface area contributed by atoms with Gasteiger partial charge in [-0.1, -0.05) is 19.8 Å². The third kappa shape index (κ3) is 4.33. The van der Waals surface area contributed by atoms with Gasteiger partial charge < -0.3 is 15.7 Å². The summed E-state index contributed by atoms with van der Waals surface area (Å²) in [7, 11) is 0. The van der Waals surface area contributed by atoms with E-state index in [1.54, 1.807) is 0 Å². The largest absolute Gasteiger partial charge is 0.481 e. The topological polar surface area (TPSA) is 81.7 Å². The molecule has 21 heavy (non-hydrogen) atoms. The molecular formula is C15H27N3O3. The molecule has 0 aromatic carbocycles. The zero-order valence-corrected chi connectivity index (χ0v) is 12.9. The highest BCUT2D eigenvalue weighted by Crippen LogP contribution is 2.32. The van der Waals surface area contributed by atoms with Crippen molar-refractivity contribution in [3.8, 4) is 0 Å². The van der Waals surface area contributed by atoms with Crippen molar-refractivity contribution in [3.05, 3.63) is 0 Å². The third-order valence-corrected chi connectivity index (χ3v) is 4.83. The lowest BCUT2D eigenvalue weighted by molar-refractivity contribution is -0.138. The standard InChI is InChI=1S/C15H27N3O3/c1-2-18-9-5-6-12(18)11-16-14(21)17-15(10-13(19)20)7-3-4-8-15/h12H,2-11H2,1H3,(H,19,20)(H2,16,17,21). The molecule has 0 radical (unpaired) electrons. The van der Waals surface area contributed by atoms with Crippen molar-refractivity contribution in [2.75, 3.05) is 19.6 Å². The molecule has 1 aliphatic carbocycles. The van der Waals surface area contributed by atoms with E-state index in [4.69, 9.17) is 5.11 Å². The SMILES string of the molecule is CCN1CCCC1CNC(=O)NC1(CC(=O)O)CCCC1. The molecule has 6 nitrogen and oxygen atoms in total. The highest BCUT2D eigenvalue weighted by molar-refractivity contribution is 5.76. The maximum absolute atomic E-state index is 12.1. The van der Waals surface area contributed by atoms with Gasteiger partial charge in [-0.15, -0.1) is 0 Å². The van der Waals surface area contributed by atoms with Gasteiger partial charge in [-0.3, -0.25) is 9.69 Å². The van der Waals surface area contributed by atoms with Gasteiger partial charge in [-0.2, -0.15) is 0 Å². The van der Waals surface area contributed by atoms with Gasteiger partial charge in [-0.05, 0) is 38.8 Å². The molecule has 0 aromatic heterocycles. The van der Waals surface area contributed by atoms with Crippen molar-refractivity contribution in [3.63, 3.8) is 0 Å². The van der Waals surface area contributed by atoms with E-state index in [1.165, 1.54) is 6.42 Å². The number of likely N-dealkylation sites (N-methyl/N-ethyl adjacent to an activating group) is 1. The van der Waals surface area contributed by atoms with Crippen LogP contribution in [0.5, 0.6) is 0 Å². The molecule has 3 N–H and O–H groups in total. The molecular weight excluding hydrogens is 270 g/mol. The number of hydrogen-bond acceptors (Lipinski definition) is 3. The second-order valence-corrected chi connectivity index (χ2v) is 6.32. The first-order chi connectivity index (χ1) is 10.0. The maximum Gasteiger partial charge on any atom is 0.315 e. The predicted octanol–water partition coefficient (Wildman–Crippen LogP) is 1.56. The lowest BCUT2D eigenvalue weighted by Gasteiger charge is -2.29. The van der Waals surface area contributed by atoms with E-state index in [2.05, 4.69) is 22.5 Å². The number of aliphatic carboxylic acids is 1. The molecule has 1 heterocycles. The summed E-state index contributed by atoms with van der Waals surface area (Å²) < 4.78 is 0. The highest BCUT2D eigenvalue weighted by atomic mass is 16.4. The minimum atomic E-state index is -0.842. The lowest BCUT2D eigenvalue weighted by atomic mass is 9.93. The van der Waals surface area contributed by atoms with Crippen LogP contribution in [0, 0.1) is 0 Å². The maximum atomic E-state index is 12.1. The van der Waals surface area contributed by atoms with Gasteiger partial charge in [-0.25, -0.2) is 4.79 Å². The van der Waals surface area contributed by atoms with Gasteiger partial charge in [0.1, 0.15) is 0 Å². The molecule has 6 heteroatoms. The predicted molar refractivity (Wildman–Crippen MR) is 80.3 cm³/mol. The zero-order valence-electron chi connectivity index (χ0n) is 12.9. The molecule has 0 aromatic rings. The van der Waals surface area contributed by atoms with Crippen LogP contribution in [0.15, 0.2) is 0 Å². The van der Waals surface area contributed by atoms with E-state index >= 15 is 0 Å². The fourth-order valence-electron chi connectivity index (χ4n) is 3.73. The molecule has 120 valence electrons. The number of carboxylic acids is 1. The number of urea groups is 1. The van der Waals surface area contributed by atoms with E-state index in [0.717, 1.165) is 45.2 Å². The molecule has 2 fully saturated rings. The first-order valence-corrected chi connectivity index (χ1v) is 8.06. The molecule has 1 saturated carbocycles. The van der Waals surface area contributed by atoms with Crippen LogP contribution < -0.4 is 10.6 Å². The summed E-state index contributed by atoms with van der Waals surface area (Å²) in [6.07, 6.45) is 5.82. The van der Waals surface area contributed by atoms with Crippen molar-refractivity contribution in [1.82, 2.24) is 15.5 Å². The number of nitrogens with zero attached hydrogens (tertiary/aromatic N) is 1. The van der Waals surface area contributed by atoms with Crippen LogP contribution in [0.25, 0.3) is 0 Å². The van der Waals surface area contributed by atoms with Crippen LogP contribution in [-0.4, -0.2) is 53.2 Å². The van der Waals surface area contributed by atoms with Gasteiger partial charge in [0.2, 0.25) is 0 Å².